The van der Waals surface area contributed by atoms with E-state index in [0.717, 1.165) is 12.8 Å². The van der Waals surface area contributed by atoms with Crippen molar-refractivity contribution in [3.8, 4) is 0 Å². The molecule has 0 aromatic carbocycles. The Bertz CT molecular complexity index is 450. The average Bonchev–Trinajstić information content (AvgIpc) is 3.13. The third-order valence-electron chi connectivity index (χ3n) is 2.54. The van der Waals surface area contributed by atoms with E-state index in [9.17, 15) is 4.79 Å². The molecule has 0 unspecified atom stereocenters. The first kappa shape index (κ1) is 13.0. The maximum Gasteiger partial charge on any atom is 0.239 e. The summed E-state index contributed by atoms with van der Waals surface area (Å²) >= 11 is 3.35. The molecule has 1 aliphatic carbocycles. The SMILES string of the molecule is CN(CC(=O)NC1CC1)c1nc(NN)ncc1Br. The third kappa shape index (κ3) is 3.30. The smallest absolute Gasteiger partial charge is 0.239 e. The van der Waals surface area contributed by atoms with E-state index in [0.29, 0.717) is 22.3 Å². The number of aromatic nitrogens is 2. The molecule has 0 saturated heterocycles. The summed E-state index contributed by atoms with van der Waals surface area (Å²) in [5, 5.41) is 2.92. The molecule has 1 saturated carbocycles. The highest BCUT2D eigenvalue weighted by molar-refractivity contribution is 9.10. The number of nitrogens with zero attached hydrogens (tertiary/aromatic N) is 3. The van der Waals surface area contributed by atoms with Gasteiger partial charge >= 0.3 is 0 Å². The molecule has 0 radical (unpaired) electrons. The van der Waals surface area contributed by atoms with E-state index in [1.54, 1.807) is 18.1 Å². The van der Waals surface area contributed by atoms with E-state index < -0.39 is 0 Å². The van der Waals surface area contributed by atoms with Gasteiger partial charge in [-0.2, -0.15) is 4.98 Å². The molecule has 1 aromatic rings. The number of hydrazine groups is 1. The highest BCUT2D eigenvalue weighted by Gasteiger charge is 2.24. The Labute approximate surface area is 113 Å². The van der Waals surface area contributed by atoms with Crippen LogP contribution < -0.4 is 21.5 Å². The molecule has 8 heteroatoms. The number of hydrogen-bond donors (Lipinski definition) is 3. The molecule has 7 nitrogen and oxygen atoms in total. The Balaban J connectivity index is 2.02. The molecule has 0 bridgehead atoms. The number of nitrogens with one attached hydrogen (secondary N) is 2. The van der Waals surface area contributed by atoms with Gasteiger partial charge < -0.3 is 10.2 Å². The van der Waals surface area contributed by atoms with Gasteiger partial charge in [-0.3, -0.25) is 10.2 Å². The minimum atomic E-state index is -0.00669. The molecule has 18 heavy (non-hydrogen) atoms. The zero-order valence-corrected chi connectivity index (χ0v) is 11.6. The Morgan fingerprint density at radius 3 is 3.00 bits per heavy atom. The number of nitrogen functional groups attached to an aromatic ring is 1. The van der Waals surface area contributed by atoms with Crippen molar-refractivity contribution in [3.05, 3.63) is 10.7 Å². The lowest BCUT2D eigenvalue weighted by Crippen LogP contribution is -2.36. The van der Waals surface area contributed by atoms with Gasteiger partial charge in [-0.15, -0.1) is 0 Å². The van der Waals surface area contributed by atoms with Crippen molar-refractivity contribution >= 4 is 33.6 Å². The minimum absolute atomic E-state index is 0.00669. The van der Waals surface area contributed by atoms with Gasteiger partial charge in [0.25, 0.3) is 0 Å². The lowest BCUT2D eigenvalue weighted by Gasteiger charge is -2.19. The second-order valence-corrected chi connectivity index (χ2v) is 5.06. The number of amides is 1. The Kier molecular flexibility index (Phi) is 3.97. The molecule has 1 heterocycles. The van der Waals surface area contributed by atoms with Gasteiger partial charge in [-0.05, 0) is 28.8 Å². The number of anilines is 2. The molecule has 0 atom stereocenters. The van der Waals surface area contributed by atoms with E-state index in [2.05, 4.69) is 36.6 Å². The van der Waals surface area contributed by atoms with Gasteiger partial charge in [0.1, 0.15) is 5.82 Å². The molecule has 0 spiro atoms. The lowest BCUT2D eigenvalue weighted by molar-refractivity contribution is -0.119. The molecular weight excluding hydrogens is 300 g/mol. The van der Waals surface area contributed by atoms with Gasteiger partial charge in [0.15, 0.2) is 0 Å². The first-order chi connectivity index (χ1) is 8.60. The molecule has 1 fully saturated rings. The van der Waals surface area contributed by atoms with Crippen LogP contribution in [-0.2, 0) is 4.79 Å². The van der Waals surface area contributed by atoms with Crippen LogP contribution in [0.3, 0.4) is 0 Å². The maximum atomic E-state index is 11.7. The summed E-state index contributed by atoms with van der Waals surface area (Å²) in [6, 6.07) is 0.362. The van der Waals surface area contributed by atoms with Crippen LogP contribution >= 0.6 is 15.9 Å². The normalized spacial score (nSPS) is 14.2. The zero-order valence-electron chi connectivity index (χ0n) is 9.98. The summed E-state index contributed by atoms with van der Waals surface area (Å²) in [5.41, 5.74) is 2.37. The van der Waals surface area contributed by atoms with Crippen LogP contribution in [0.25, 0.3) is 0 Å². The standard InChI is InChI=1S/C10H15BrN6O/c1-17(5-8(18)14-6-2-3-6)9-7(11)4-13-10(15-9)16-12/h4,6H,2-3,5,12H2,1H3,(H,14,18)(H,13,15,16). The van der Waals surface area contributed by atoms with Crippen molar-refractivity contribution in [3.63, 3.8) is 0 Å². The van der Waals surface area contributed by atoms with Crippen LogP contribution in [0.15, 0.2) is 10.7 Å². The van der Waals surface area contributed by atoms with Crippen LogP contribution in [0.4, 0.5) is 11.8 Å². The third-order valence-corrected chi connectivity index (χ3v) is 3.10. The van der Waals surface area contributed by atoms with Crippen LogP contribution in [0.1, 0.15) is 12.8 Å². The summed E-state index contributed by atoms with van der Waals surface area (Å²) in [6.45, 7) is 0.246. The van der Waals surface area contributed by atoms with Crippen molar-refractivity contribution in [2.45, 2.75) is 18.9 Å². The number of halogens is 1. The second kappa shape index (κ2) is 5.49. The summed E-state index contributed by atoms with van der Waals surface area (Å²) in [4.78, 5) is 21.6. The zero-order chi connectivity index (χ0) is 13.1. The van der Waals surface area contributed by atoms with Crippen molar-refractivity contribution < 1.29 is 4.79 Å². The quantitative estimate of drug-likeness (QED) is 0.532. The molecule has 0 aliphatic heterocycles. The fourth-order valence-corrected chi connectivity index (χ4v) is 1.98. The van der Waals surface area contributed by atoms with Crippen molar-refractivity contribution in [2.75, 3.05) is 23.9 Å². The monoisotopic (exact) mass is 314 g/mol. The van der Waals surface area contributed by atoms with Gasteiger partial charge in [0.2, 0.25) is 11.9 Å². The summed E-state index contributed by atoms with van der Waals surface area (Å²) < 4.78 is 0.711. The van der Waals surface area contributed by atoms with E-state index in [1.807, 2.05) is 0 Å². The maximum absolute atomic E-state index is 11.7. The van der Waals surface area contributed by atoms with Crippen molar-refractivity contribution in [1.29, 1.82) is 0 Å². The first-order valence-corrected chi connectivity index (χ1v) is 6.39. The number of likely N-dealkylation sites (N-methyl/N-ethyl adjacent to an activating group) is 1. The Morgan fingerprint density at radius 2 is 2.39 bits per heavy atom. The minimum Gasteiger partial charge on any atom is -0.352 e. The van der Waals surface area contributed by atoms with Gasteiger partial charge in [-0.25, -0.2) is 10.8 Å². The predicted molar refractivity (Wildman–Crippen MR) is 72.0 cm³/mol. The van der Waals surface area contributed by atoms with Crippen LogP contribution in [0, 0.1) is 0 Å². The predicted octanol–water partition coefficient (Wildman–Crippen LogP) is 0.239. The largest absolute Gasteiger partial charge is 0.352 e. The van der Waals surface area contributed by atoms with E-state index in [-0.39, 0.29) is 12.5 Å². The lowest BCUT2D eigenvalue weighted by atomic mass is 10.4. The highest BCUT2D eigenvalue weighted by atomic mass is 79.9. The molecular formula is C10H15BrN6O. The fraction of sp³-hybridized carbons (Fsp3) is 0.500. The van der Waals surface area contributed by atoms with Crippen molar-refractivity contribution in [2.24, 2.45) is 5.84 Å². The Hall–Kier alpha value is -1.41. The van der Waals surface area contributed by atoms with E-state index in [1.165, 1.54) is 0 Å². The molecule has 4 N–H and O–H groups in total. The summed E-state index contributed by atoms with van der Waals surface area (Å²) in [6.07, 6.45) is 3.74. The van der Waals surface area contributed by atoms with Crippen LogP contribution in [0.5, 0.6) is 0 Å². The topological polar surface area (TPSA) is 96.2 Å². The number of hydrogen-bond acceptors (Lipinski definition) is 6. The number of rotatable bonds is 5. The number of carbonyl (C=O) groups excluding carboxylic acids is 1. The first-order valence-electron chi connectivity index (χ1n) is 5.60. The van der Waals surface area contributed by atoms with Crippen LogP contribution in [0.2, 0.25) is 0 Å². The van der Waals surface area contributed by atoms with Gasteiger partial charge in [0, 0.05) is 19.3 Å². The number of nitrogens with two attached hydrogens (primary N) is 1. The average molecular weight is 315 g/mol. The summed E-state index contributed by atoms with van der Waals surface area (Å²) in [7, 11) is 1.79. The summed E-state index contributed by atoms with van der Waals surface area (Å²) in [5.74, 6) is 6.17. The number of carbonyl (C=O) groups is 1. The second-order valence-electron chi connectivity index (χ2n) is 4.21. The van der Waals surface area contributed by atoms with Crippen molar-refractivity contribution in [1.82, 2.24) is 15.3 Å². The van der Waals surface area contributed by atoms with Gasteiger partial charge in [0.05, 0.1) is 11.0 Å². The molecule has 2 rings (SSSR count). The molecule has 98 valence electrons. The molecule has 1 aliphatic rings. The molecule has 1 aromatic heterocycles. The fourth-order valence-electron chi connectivity index (χ4n) is 1.49. The molecule has 1 amide bonds. The van der Waals surface area contributed by atoms with E-state index in [4.69, 9.17) is 5.84 Å². The van der Waals surface area contributed by atoms with Gasteiger partial charge in [-0.1, -0.05) is 0 Å². The highest BCUT2D eigenvalue weighted by Crippen LogP contribution is 2.23. The van der Waals surface area contributed by atoms with E-state index >= 15 is 0 Å². The Morgan fingerprint density at radius 1 is 1.67 bits per heavy atom. The van der Waals surface area contributed by atoms with Crippen LogP contribution in [-0.4, -0.2) is 35.5 Å².